The first-order valence-corrected chi connectivity index (χ1v) is 7.66. The minimum absolute atomic E-state index is 0. The molecular formula is C17H27ClN2O. The number of carbonyl (C=O) groups excluding carboxylic acids is 1. The van der Waals surface area contributed by atoms with E-state index in [-0.39, 0.29) is 24.4 Å². The Labute approximate surface area is 134 Å². The van der Waals surface area contributed by atoms with E-state index in [2.05, 4.69) is 49.6 Å². The number of halogens is 1. The second-order valence-corrected chi connectivity index (χ2v) is 5.98. The zero-order valence-corrected chi connectivity index (χ0v) is 14.1. The zero-order valence-electron chi connectivity index (χ0n) is 13.2. The molecule has 1 heterocycles. The second-order valence-electron chi connectivity index (χ2n) is 5.98. The van der Waals surface area contributed by atoms with Gasteiger partial charge in [-0.1, -0.05) is 23.8 Å². The van der Waals surface area contributed by atoms with E-state index in [1.807, 2.05) is 0 Å². The molecule has 1 aromatic carbocycles. The third-order valence-corrected chi connectivity index (χ3v) is 4.15. The molecule has 1 saturated heterocycles. The maximum Gasteiger partial charge on any atom is 0.220 e. The molecular weight excluding hydrogens is 284 g/mol. The number of carbonyl (C=O) groups is 1. The van der Waals surface area contributed by atoms with Crippen molar-refractivity contribution in [1.82, 2.24) is 10.6 Å². The summed E-state index contributed by atoms with van der Waals surface area (Å²) < 4.78 is 0. The third-order valence-electron chi connectivity index (χ3n) is 4.15. The molecule has 1 amide bonds. The SMILES string of the molecule is Cc1ccc(C(C)NC(=O)CCC2CCCN2)c(C)c1.Cl. The molecule has 0 radical (unpaired) electrons. The first-order chi connectivity index (χ1) is 9.56. The van der Waals surface area contributed by atoms with Gasteiger partial charge in [0.2, 0.25) is 5.91 Å². The van der Waals surface area contributed by atoms with E-state index < -0.39 is 0 Å². The molecule has 2 rings (SSSR count). The molecule has 2 N–H and O–H groups in total. The summed E-state index contributed by atoms with van der Waals surface area (Å²) in [5.74, 6) is 0.158. The van der Waals surface area contributed by atoms with Gasteiger partial charge in [0.05, 0.1) is 6.04 Å². The van der Waals surface area contributed by atoms with Gasteiger partial charge in [0.1, 0.15) is 0 Å². The van der Waals surface area contributed by atoms with Gasteiger partial charge in [-0.15, -0.1) is 12.4 Å². The Morgan fingerprint density at radius 2 is 2.19 bits per heavy atom. The molecule has 2 unspecified atom stereocenters. The number of aryl methyl sites for hydroxylation is 2. The monoisotopic (exact) mass is 310 g/mol. The molecule has 1 aliphatic heterocycles. The Morgan fingerprint density at radius 3 is 2.81 bits per heavy atom. The molecule has 118 valence electrons. The molecule has 0 aliphatic carbocycles. The molecule has 1 fully saturated rings. The van der Waals surface area contributed by atoms with Gasteiger partial charge in [-0.25, -0.2) is 0 Å². The first kappa shape index (κ1) is 18.0. The number of hydrogen-bond donors (Lipinski definition) is 2. The summed E-state index contributed by atoms with van der Waals surface area (Å²) in [6, 6.07) is 7.01. The van der Waals surface area contributed by atoms with Gasteiger partial charge in [0, 0.05) is 12.5 Å². The van der Waals surface area contributed by atoms with Gasteiger partial charge >= 0.3 is 0 Å². The highest BCUT2D eigenvalue weighted by molar-refractivity contribution is 5.85. The van der Waals surface area contributed by atoms with E-state index >= 15 is 0 Å². The lowest BCUT2D eigenvalue weighted by Crippen LogP contribution is -2.29. The van der Waals surface area contributed by atoms with Gasteiger partial charge in [-0.05, 0) is 57.7 Å². The average Bonchev–Trinajstić information content (AvgIpc) is 2.89. The van der Waals surface area contributed by atoms with Crippen molar-refractivity contribution < 1.29 is 4.79 Å². The highest BCUT2D eigenvalue weighted by atomic mass is 35.5. The van der Waals surface area contributed by atoms with Crippen LogP contribution in [-0.2, 0) is 4.79 Å². The molecule has 21 heavy (non-hydrogen) atoms. The Morgan fingerprint density at radius 1 is 1.43 bits per heavy atom. The van der Waals surface area contributed by atoms with Crippen LogP contribution in [0.1, 0.15) is 55.3 Å². The topological polar surface area (TPSA) is 41.1 Å². The van der Waals surface area contributed by atoms with Crippen LogP contribution in [0.25, 0.3) is 0 Å². The molecule has 1 aliphatic rings. The van der Waals surface area contributed by atoms with Gasteiger partial charge in [0.25, 0.3) is 0 Å². The molecule has 3 nitrogen and oxygen atoms in total. The Bertz CT molecular complexity index is 470. The fourth-order valence-corrected chi connectivity index (χ4v) is 3.01. The van der Waals surface area contributed by atoms with Crippen molar-refractivity contribution >= 4 is 18.3 Å². The smallest absolute Gasteiger partial charge is 0.220 e. The largest absolute Gasteiger partial charge is 0.350 e. The predicted molar refractivity (Wildman–Crippen MR) is 90.0 cm³/mol. The molecule has 0 aromatic heterocycles. The van der Waals surface area contributed by atoms with Gasteiger partial charge in [-0.3, -0.25) is 4.79 Å². The lowest BCUT2D eigenvalue weighted by atomic mass is 10.00. The second kappa shape index (κ2) is 8.40. The average molecular weight is 311 g/mol. The fourth-order valence-electron chi connectivity index (χ4n) is 3.01. The minimum atomic E-state index is 0. The van der Waals surface area contributed by atoms with Crippen LogP contribution < -0.4 is 10.6 Å². The van der Waals surface area contributed by atoms with Crippen LogP contribution in [-0.4, -0.2) is 18.5 Å². The standard InChI is InChI=1S/C17H26N2O.ClH/c1-12-6-8-16(13(2)11-12)14(3)19-17(20)9-7-15-5-4-10-18-15;/h6,8,11,14-15,18H,4-5,7,9-10H2,1-3H3,(H,19,20);1H. The van der Waals surface area contributed by atoms with Crippen molar-refractivity contribution in [2.75, 3.05) is 6.54 Å². The van der Waals surface area contributed by atoms with Crippen LogP contribution in [0.2, 0.25) is 0 Å². The maximum atomic E-state index is 12.0. The number of rotatable bonds is 5. The van der Waals surface area contributed by atoms with Crippen molar-refractivity contribution in [2.24, 2.45) is 0 Å². The van der Waals surface area contributed by atoms with Crippen molar-refractivity contribution in [2.45, 2.75) is 58.5 Å². The summed E-state index contributed by atoms with van der Waals surface area (Å²) in [4.78, 5) is 12.0. The summed E-state index contributed by atoms with van der Waals surface area (Å²) in [7, 11) is 0. The van der Waals surface area contributed by atoms with Crippen LogP contribution in [0.3, 0.4) is 0 Å². The van der Waals surface area contributed by atoms with E-state index in [0.717, 1.165) is 13.0 Å². The highest BCUT2D eigenvalue weighted by Gasteiger charge is 2.16. The third kappa shape index (κ3) is 5.33. The van der Waals surface area contributed by atoms with E-state index in [1.54, 1.807) is 0 Å². The fraction of sp³-hybridized carbons (Fsp3) is 0.588. The maximum absolute atomic E-state index is 12.0. The molecule has 0 bridgehead atoms. The van der Waals surface area contributed by atoms with E-state index in [1.165, 1.54) is 29.5 Å². The molecule has 2 atom stereocenters. The normalized spacial score (nSPS) is 18.9. The van der Waals surface area contributed by atoms with Gasteiger partial charge in [-0.2, -0.15) is 0 Å². The summed E-state index contributed by atoms with van der Waals surface area (Å²) in [6.45, 7) is 7.36. The molecule has 1 aromatic rings. The van der Waals surface area contributed by atoms with Crippen LogP contribution in [0.15, 0.2) is 18.2 Å². The molecule has 0 saturated carbocycles. The summed E-state index contributed by atoms with van der Waals surface area (Å²) in [6.07, 6.45) is 4.02. The quantitative estimate of drug-likeness (QED) is 0.875. The number of nitrogens with one attached hydrogen (secondary N) is 2. The zero-order chi connectivity index (χ0) is 14.5. The van der Waals surface area contributed by atoms with Gasteiger partial charge < -0.3 is 10.6 Å². The van der Waals surface area contributed by atoms with E-state index in [9.17, 15) is 4.79 Å². The van der Waals surface area contributed by atoms with Crippen molar-refractivity contribution in [3.63, 3.8) is 0 Å². The van der Waals surface area contributed by atoms with E-state index in [0.29, 0.717) is 12.5 Å². The Kier molecular flexibility index (Phi) is 7.20. The number of benzene rings is 1. The molecule has 4 heteroatoms. The first-order valence-electron chi connectivity index (χ1n) is 7.66. The van der Waals surface area contributed by atoms with E-state index in [4.69, 9.17) is 0 Å². The van der Waals surface area contributed by atoms with Crippen molar-refractivity contribution in [3.8, 4) is 0 Å². The Balaban J connectivity index is 0.00000220. The van der Waals surface area contributed by atoms with Crippen molar-refractivity contribution in [1.29, 1.82) is 0 Å². The summed E-state index contributed by atoms with van der Waals surface area (Å²) in [5.41, 5.74) is 3.72. The summed E-state index contributed by atoms with van der Waals surface area (Å²) in [5, 5.41) is 6.55. The molecule has 0 spiro atoms. The Hall–Kier alpha value is -1.06. The highest BCUT2D eigenvalue weighted by Crippen LogP contribution is 2.19. The van der Waals surface area contributed by atoms with Crippen LogP contribution >= 0.6 is 12.4 Å². The van der Waals surface area contributed by atoms with Crippen LogP contribution in [0.4, 0.5) is 0 Å². The summed E-state index contributed by atoms with van der Waals surface area (Å²) >= 11 is 0. The lowest BCUT2D eigenvalue weighted by Gasteiger charge is -2.18. The van der Waals surface area contributed by atoms with Crippen LogP contribution in [0, 0.1) is 13.8 Å². The number of hydrogen-bond acceptors (Lipinski definition) is 2. The van der Waals surface area contributed by atoms with Crippen LogP contribution in [0.5, 0.6) is 0 Å². The van der Waals surface area contributed by atoms with Crippen molar-refractivity contribution in [3.05, 3.63) is 34.9 Å². The minimum Gasteiger partial charge on any atom is -0.350 e. The number of amides is 1. The van der Waals surface area contributed by atoms with Gasteiger partial charge in [0.15, 0.2) is 0 Å². The predicted octanol–water partition coefficient (Wildman–Crippen LogP) is 3.43. The lowest BCUT2D eigenvalue weighted by molar-refractivity contribution is -0.121.